The highest BCUT2D eigenvalue weighted by Gasteiger charge is 2.27. The summed E-state index contributed by atoms with van der Waals surface area (Å²) in [6, 6.07) is 12.0. The van der Waals surface area contributed by atoms with Gasteiger partial charge in [0, 0.05) is 38.3 Å². The SMILES string of the molecule is Cc1nn(C)c2nc(-c3ccccc3)cc(C(=O)N3CCNC[C@H]3C)c12.Cl.Cl. The normalized spacial score (nSPS) is 16.4. The molecule has 1 fully saturated rings. The van der Waals surface area contributed by atoms with E-state index in [1.165, 1.54) is 0 Å². The number of rotatable bonds is 2. The van der Waals surface area contributed by atoms with Crippen LogP contribution in [-0.2, 0) is 7.05 Å². The van der Waals surface area contributed by atoms with Gasteiger partial charge >= 0.3 is 0 Å². The second kappa shape index (κ2) is 8.90. The van der Waals surface area contributed by atoms with Crippen LogP contribution >= 0.6 is 24.8 Å². The van der Waals surface area contributed by atoms with Crippen LogP contribution in [0.3, 0.4) is 0 Å². The third kappa shape index (κ3) is 3.85. The number of carbonyl (C=O) groups is 1. The Morgan fingerprint density at radius 2 is 1.93 bits per heavy atom. The fraction of sp³-hybridized carbons (Fsp3) is 0.350. The van der Waals surface area contributed by atoms with Crippen LogP contribution in [0.4, 0.5) is 0 Å². The van der Waals surface area contributed by atoms with Gasteiger partial charge in [-0.2, -0.15) is 5.10 Å². The molecule has 3 heterocycles. The molecule has 0 unspecified atom stereocenters. The first-order chi connectivity index (χ1) is 12.6. The molecule has 0 saturated carbocycles. The van der Waals surface area contributed by atoms with Crippen LogP contribution in [-0.4, -0.2) is 51.2 Å². The van der Waals surface area contributed by atoms with E-state index in [4.69, 9.17) is 4.98 Å². The maximum atomic E-state index is 13.4. The van der Waals surface area contributed by atoms with Crippen molar-refractivity contribution in [2.24, 2.45) is 7.05 Å². The van der Waals surface area contributed by atoms with E-state index in [0.29, 0.717) is 12.1 Å². The Morgan fingerprint density at radius 3 is 2.61 bits per heavy atom. The van der Waals surface area contributed by atoms with Gasteiger partial charge in [-0.1, -0.05) is 30.3 Å². The van der Waals surface area contributed by atoms with Crippen molar-refractivity contribution in [2.45, 2.75) is 19.9 Å². The molecule has 1 N–H and O–H groups in total. The Morgan fingerprint density at radius 1 is 1.21 bits per heavy atom. The Balaban J connectivity index is 0.00000140. The number of aryl methyl sites for hydroxylation is 2. The van der Waals surface area contributed by atoms with Gasteiger partial charge in [-0.3, -0.25) is 9.48 Å². The first kappa shape index (κ1) is 22.1. The van der Waals surface area contributed by atoms with Crippen LogP contribution in [0, 0.1) is 6.92 Å². The van der Waals surface area contributed by atoms with Gasteiger partial charge in [0.15, 0.2) is 5.65 Å². The number of nitrogens with one attached hydrogen (secondary N) is 1. The zero-order valence-corrected chi connectivity index (χ0v) is 17.8. The number of fused-ring (bicyclic) bond motifs is 1. The lowest BCUT2D eigenvalue weighted by Crippen LogP contribution is -2.52. The minimum Gasteiger partial charge on any atom is -0.333 e. The second-order valence-corrected chi connectivity index (χ2v) is 6.88. The predicted octanol–water partition coefficient (Wildman–Crippen LogP) is 3.22. The Kier molecular flexibility index (Phi) is 7.04. The van der Waals surface area contributed by atoms with Gasteiger partial charge in [-0.05, 0) is 19.9 Å². The van der Waals surface area contributed by atoms with Crippen molar-refractivity contribution in [3.63, 3.8) is 0 Å². The first-order valence-electron chi connectivity index (χ1n) is 8.97. The van der Waals surface area contributed by atoms with E-state index >= 15 is 0 Å². The lowest BCUT2D eigenvalue weighted by molar-refractivity contribution is 0.0657. The van der Waals surface area contributed by atoms with Crippen LogP contribution in [0.25, 0.3) is 22.3 Å². The number of hydrogen-bond acceptors (Lipinski definition) is 4. The highest BCUT2D eigenvalue weighted by Crippen LogP contribution is 2.28. The maximum Gasteiger partial charge on any atom is 0.255 e. The van der Waals surface area contributed by atoms with Gasteiger partial charge in [0.1, 0.15) is 0 Å². The van der Waals surface area contributed by atoms with Crippen molar-refractivity contribution in [3.8, 4) is 11.3 Å². The summed E-state index contributed by atoms with van der Waals surface area (Å²) in [5, 5.41) is 8.69. The van der Waals surface area contributed by atoms with Crippen molar-refractivity contribution in [1.82, 2.24) is 25.0 Å². The lowest BCUT2D eigenvalue weighted by Gasteiger charge is -2.34. The molecule has 150 valence electrons. The van der Waals surface area contributed by atoms with Gasteiger partial charge in [0.2, 0.25) is 0 Å². The number of nitrogens with zero attached hydrogens (tertiary/aromatic N) is 4. The summed E-state index contributed by atoms with van der Waals surface area (Å²) >= 11 is 0. The standard InChI is InChI=1S/C20H23N5O.2ClH/c1-13-12-21-9-10-25(13)20(26)16-11-17(15-7-5-4-6-8-15)22-19-18(16)14(2)23-24(19)3;;/h4-8,11,13,21H,9-10,12H2,1-3H3;2*1H/t13-;;/m1../s1. The number of halogens is 2. The smallest absolute Gasteiger partial charge is 0.255 e. The van der Waals surface area contributed by atoms with Crippen molar-refractivity contribution in [2.75, 3.05) is 19.6 Å². The predicted molar refractivity (Wildman–Crippen MR) is 117 cm³/mol. The molecule has 0 spiro atoms. The molecule has 1 aliphatic rings. The van der Waals surface area contributed by atoms with E-state index in [2.05, 4.69) is 17.3 Å². The highest BCUT2D eigenvalue weighted by atomic mass is 35.5. The number of benzene rings is 1. The van der Waals surface area contributed by atoms with Crippen LogP contribution in [0.5, 0.6) is 0 Å². The molecule has 1 saturated heterocycles. The number of amides is 1. The summed E-state index contributed by atoms with van der Waals surface area (Å²) < 4.78 is 1.76. The van der Waals surface area contributed by atoms with E-state index in [-0.39, 0.29) is 36.8 Å². The Labute approximate surface area is 177 Å². The average Bonchev–Trinajstić information content (AvgIpc) is 2.95. The van der Waals surface area contributed by atoms with Crippen molar-refractivity contribution in [1.29, 1.82) is 0 Å². The quantitative estimate of drug-likeness (QED) is 0.689. The van der Waals surface area contributed by atoms with E-state index in [0.717, 1.165) is 41.1 Å². The Hall–Kier alpha value is -2.15. The minimum atomic E-state index is 0. The zero-order valence-electron chi connectivity index (χ0n) is 16.2. The molecule has 0 aliphatic carbocycles. The highest BCUT2D eigenvalue weighted by molar-refractivity contribution is 6.07. The summed E-state index contributed by atoms with van der Waals surface area (Å²) in [7, 11) is 1.87. The number of piperazine rings is 1. The molecule has 28 heavy (non-hydrogen) atoms. The van der Waals surface area contributed by atoms with E-state index in [9.17, 15) is 4.79 Å². The summed E-state index contributed by atoms with van der Waals surface area (Å²) in [6.07, 6.45) is 0. The minimum absolute atomic E-state index is 0. The molecule has 2 aromatic heterocycles. The zero-order chi connectivity index (χ0) is 18.3. The summed E-state index contributed by atoms with van der Waals surface area (Å²) in [4.78, 5) is 20.1. The van der Waals surface area contributed by atoms with Gasteiger partial charge in [-0.15, -0.1) is 24.8 Å². The largest absolute Gasteiger partial charge is 0.333 e. The average molecular weight is 422 g/mol. The number of pyridine rings is 1. The molecular formula is C20H25Cl2N5O. The van der Waals surface area contributed by atoms with Crippen LogP contribution in [0.1, 0.15) is 23.0 Å². The Bertz CT molecular complexity index is 974. The fourth-order valence-electron chi connectivity index (χ4n) is 3.67. The number of hydrogen-bond donors (Lipinski definition) is 1. The van der Waals surface area contributed by atoms with Crippen molar-refractivity contribution in [3.05, 3.63) is 47.7 Å². The van der Waals surface area contributed by atoms with Crippen LogP contribution in [0.15, 0.2) is 36.4 Å². The third-order valence-electron chi connectivity index (χ3n) is 5.03. The van der Waals surface area contributed by atoms with Gasteiger partial charge in [-0.25, -0.2) is 4.98 Å². The maximum absolute atomic E-state index is 13.4. The van der Waals surface area contributed by atoms with Crippen LogP contribution in [0.2, 0.25) is 0 Å². The van der Waals surface area contributed by atoms with Crippen molar-refractivity contribution < 1.29 is 4.79 Å². The van der Waals surface area contributed by atoms with E-state index in [1.807, 2.05) is 55.3 Å². The van der Waals surface area contributed by atoms with Crippen molar-refractivity contribution >= 4 is 41.8 Å². The number of aromatic nitrogens is 3. The van der Waals surface area contributed by atoms with Gasteiger partial charge < -0.3 is 10.2 Å². The first-order valence-corrected chi connectivity index (χ1v) is 8.97. The monoisotopic (exact) mass is 421 g/mol. The molecule has 1 aliphatic heterocycles. The molecule has 0 radical (unpaired) electrons. The summed E-state index contributed by atoms with van der Waals surface area (Å²) in [6.45, 7) is 6.37. The van der Waals surface area contributed by atoms with Gasteiger partial charge in [0.05, 0.1) is 22.3 Å². The number of carbonyl (C=O) groups excluding carboxylic acids is 1. The van der Waals surface area contributed by atoms with Gasteiger partial charge in [0.25, 0.3) is 5.91 Å². The van der Waals surface area contributed by atoms with E-state index in [1.54, 1.807) is 4.68 Å². The molecule has 3 aromatic rings. The topological polar surface area (TPSA) is 63.1 Å². The van der Waals surface area contributed by atoms with Crippen LogP contribution < -0.4 is 5.32 Å². The molecule has 0 bridgehead atoms. The second-order valence-electron chi connectivity index (χ2n) is 6.88. The molecular weight excluding hydrogens is 397 g/mol. The summed E-state index contributed by atoms with van der Waals surface area (Å²) in [5.74, 6) is 0.0553. The summed E-state index contributed by atoms with van der Waals surface area (Å²) in [5.41, 5.74) is 4.06. The molecule has 1 atom stereocenters. The van der Waals surface area contributed by atoms with E-state index < -0.39 is 0 Å². The molecule has 1 amide bonds. The lowest BCUT2D eigenvalue weighted by atomic mass is 10.0. The molecule has 6 nitrogen and oxygen atoms in total. The molecule has 1 aromatic carbocycles. The fourth-order valence-corrected chi connectivity index (χ4v) is 3.67. The molecule has 4 rings (SSSR count). The third-order valence-corrected chi connectivity index (χ3v) is 5.03. The molecule has 8 heteroatoms.